The summed E-state index contributed by atoms with van der Waals surface area (Å²) >= 11 is 2.27. The molecule has 0 saturated carbocycles. The van der Waals surface area contributed by atoms with Gasteiger partial charge in [0.1, 0.15) is 12.2 Å². The van der Waals surface area contributed by atoms with Gasteiger partial charge in [-0.2, -0.15) is 0 Å². The number of benzene rings is 3. The van der Waals surface area contributed by atoms with E-state index in [1.165, 1.54) is 0 Å². The maximum absolute atomic E-state index is 12.5. The molecule has 0 aliphatic heterocycles. The molecule has 0 aliphatic carbocycles. The number of rotatable bonds is 5. The van der Waals surface area contributed by atoms with Crippen LogP contribution in [0.1, 0.15) is 18.1 Å². The Labute approximate surface area is 176 Å². The quantitative estimate of drug-likeness (QED) is 0.206. The first kappa shape index (κ1) is 18.8. The topological polar surface area (TPSA) is 48.7 Å². The van der Waals surface area contributed by atoms with Crippen LogP contribution in [0.4, 0.5) is 0 Å². The second-order valence-corrected chi connectivity index (χ2v) is 7.79. The van der Waals surface area contributed by atoms with E-state index in [4.69, 9.17) is 13.9 Å². The van der Waals surface area contributed by atoms with Gasteiger partial charge in [0.05, 0.1) is 12.5 Å². The van der Waals surface area contributed by atoms with Crippen molar-refractivity contribution in [3.63, 3.8) is 0 Å². The fraction of sp³-hybridized carbons (Fsp3) is 0.174. The average Bonchev–Trinajstić information content (AvgIpc) is 2.71. The van der Waals surface area contributed by atoms with Crippen LogP contribution in [0.5, 0.6) is 11.5 Å². The van der Waals surface area contributed by atoms with Crippen molar-refractivity contribution in [2.75, 3.05) is 7.11 Å². The minimum Gasteiger partial charge on any atom is -0.493 e. The summed E-state index contributed by atoms with van der Waals surface area (Å²) in [5, 5.41) is 2.27. The van der Waals surface area contributed by atoms with Crippen LogP contribution in [0.2, 0.25) is 0 Å². The summed E-state index contributed by atoms with van der Waals surface area (Å²) in [5.74, 6) is 1.15. The molecule has 0 radical (unpaired) electrons. The van der Waals surface area contributed by atoms with Gasteiger partial charge in [0.2, 0.25) is 0 Å². The monoisotopic (exact) mass is 486 g/mol. The van der Waals surface area contributed by atoms with Crippen molar-refractivity contribution in [3.8, 4) is 11.5 Å². The van der Waals surface area contributed by atoms with Crippen LogP contribution in [0.25, 0.3) is 21.7 Å². The zero-order chi connectivity index (χ0) is 19.7. The largest absolute Gasteiger partial charge is 0.493 e. The van der Waals surface area contributed by atoms with Crippen molar-refractivity contribution in [3.05, 3.63) is 79.7 Å². The molecule has 0 unspecified atom stereocenters. The molecule has 1 aromatic heterocycles. The maximum Gasteiger partial charge on any atom is 0.344 e. The zero-order valence-corrected chi connectivity index (χ0v) is 17.8. The molecule has 0 spiro atoms. The first-order valence-corrected chi connectivity index (χ1v) is 10.1. The predicted molar refractivity (Wildman–Crippen MR) is 119 cm³/mol. The van der Waals surface area contributed by atoms with Crippen molar-refractivity contribution in [1.82, 2.24) is 0 Å². The molecule has 0 amide bonds. The van der Waals surface area contributed by atoms with Gasteiger partial charge in [-0.15, -0.1) is 0 Å². The molecule has 0 atom stereocenters. The summed E-state index contributed by atoms with van der Waals surface area (Å²) in [5.41, 5.74) is 2.30. The van der Waals surface area contributed by atoms with E-state index in [2.05, 4.69) is 35.6 Å². The standard InChI is InChI=1S/C23H19IO4/c1-3-14-7-8-17-18-11-21(26-2)22(12-20(18)28-23(25)19(17)10-14)27-13-15-5-4-6-16(24)9-15/h4-12H,3,13H2,1-2H3. The van der Waals surface area contributed by atoms with Crippen molar-refractivity contribution in [2.45, 2.75) is 20.0 Å². The fourth-order valence-electron chi connectivity index (χ4n) is 3.27. The molecular formula is C23H19IO4. The lowest BCUT2D eigenvalue weighted by molar-refractivity contribution is 0.284. The predicted octanol–water partition coefficient (Wildman–Crippen LogP) is 5.70. The van der Waals surface area contributed by atoms with Crippen molar-refractivity contribution in [2.24, 2.45) is 0 Å². The molecule has 142 valence electrons. The Morgan fingerprint density at radius 2 is 1.79 bits per heavy atom. The number of halogens is 1. The lowest BCUT2D eigenvalue weighted by Crippen LogP contribution is -2.02. The smallest absolute Gasteiger partial charge is 0.344 e. The second kappa shape index (κ2) is 7.83. The average molecular weight is 486 g/mol. The van der Waals surface area contributed by atoms with E-state index in [9.17, 15) is 4.79 Å². The lowest BCUT2D eigenvalue weighted by Gasteiger charge is -2.13. The molecule has 3 aromatic carbocycles. The second-order valence-electron chi connectivity index (χ2n) is 6.54. The molecule has 1 heterocycles. The maximum atomic E-state index is 12.5. The van der Waals surface area contributed by atoms with Gasteiger partial charge in [0.25, 0.3) is 0 Å². The molecule has 28 heavy (non-hydrogen) atoms. The van der Waals surface area contributed by atoms with Gasteiger partial charge in [-0.05, 0) is 64.4 Å². The van der Waals surface area contributed by atoms with Gasteiger partial charge in [-0.3, -0.25) is 0 Å². The number of ether oxygens (including phenoxy) is 2. The summed E-state index contributed by atoms with van der Waals surface area (Å²) in [4.78, 5) is 12.5. The Balaban J connectivity index is 1.80. The summed E-state index contributed by atoms with van der Waals surface area (Å²) < 4.78 is 18.3. The first-order chi connectivity index (χ1) is 13.6. The highest BCUT2D eigenvalue weighted by Crippen LogP contribution is 2.35. The highest BCUT2D eigenvalue weighted by atomic mass is 127. The number of aryl methyl sites for hydroxylation is 1. The van der Waals surface area contributed by atoms with E-state index in [0.717, 1.165) is 31.9 Å². The Bertz CT molecular complexity index is 1230. The Kier molecular flexibility index (Phi) is 5.26. The molecular weight excluding hydrogens is 467 g/mol. The summed E-state index contributed by atoms with van der Waals surface area (Å²) in [6.45, 7) is 2.46. The molecule has 0 fully saturated rings. The van der Waals surface area contributed by atoms with E-state index in [1.54, 1.807) is 13.2 Å². The molecule has 4 rings (SSSR count). The number of hydrogen-bond acceptors (Lipinski definition) is 4. The van der Waals surface area contributed by atoms with Crippen LogP contribution in [-0.2, 0) is 13.0 Å². The summed E-state index contributed by atoms with van der Waals surface area (Å²) in [6, 6.07) is 17.6. The van der Waals surface area contributed by atoms with E-state index in [0.29, 0.717) is 29.1 Å². The highest BCUT2D eigenvalue weighted by Gasteiger charge is 2.14. The molecule has 0 N–H and O–H groups in total. The summed E-state index contributed by atoms with van der Waals surface area (Å²) in [7, 11) is 1.61. The molecule has 0 bridgehead atoms. The first-order valence-electron chi connectivity index (χ1n) is 9.03. The van der Waals surface area contributed by atoms with Crippen LogP contribution in [0, 0.1) is 3.57 Å². The van der Waals surface area contributed by atoms with E-state index >= 15 is 0 Å². The number of hydrogen-bond donors (Lipinski definition) is 0. The Morgan fingerprint density at radius 3 is 2.54 bits per heavy atom. The van der Waals surface area contributed by atoms with Gasteiger partial charge in [0, 0.05) is 20.4 Å². The van der Waals surface area contributed by atoms with Crippen molar-refractivity contribution < 1.29 is 13.9 Å². The van der Waals surface area contributed by atoms with Gasteiger partial charge >= 0.3 is 5.63 Å². The van der Waals surface area contributed by atoms with E-state index in [1.807, 2.05) is 42.5 Å². The van der Waals surface area contributed by atoms with Gasteiger partial charge in [-0.1, -0.05) is 31.2 Å². The molecule has 4 nitrogen and oxygen atoms in total. The highest BCUT2D eigenvalue weighted by molar-refractivity contribution is 14.1. The van der Waals surface area contributed by atoms with Crippen molar-refractivity contribution >= 4 is 44.3 Å². The van der Waals surface area contributed by atoms with Crippen LogP contribution >= 0.6 is 22.6 Å². The van der Waals surface area contributed by atoms with Crippen LogP contribution in [-0.4, -0.2) is 7.11 Å². The minimum absolute atomic E-state index is 0.341. The lowest BCUT2D eigenvalue weighted by atomic mass is 10.0. The molecule has 5 heteroatoms. The third kappa shape index (κ3) is 3.58. The number of fused-ring (bicyclic) bond motifs is 3. The third-order valence-corrected chi connectivity index (χ3v) is 5.43. The third-order valence-electron chi connectivity index (χ3n) is 4.75. The Hall–Kier alpha value is -2.54. The SMILES string of the molecule is CCc1ccc2c(c1)c(=O)oc1cc(OCc3cccc(I)c3)c(OC)cc12. The van der Waals surface area contributed by atoms with Crippen LogP contribution in [0.3, 0.4) is 0 Å². The van der Waals surface area contributed by atoms with Crippen molar-refractivity contribution in [1.29, 1.82) is 0 Å². The van der Waals surface area contributed by atoms with Gasteiger partial charge in [0.15, 0.2) is 11.5 Å². The fourth-order valence-corrected chi connectivity index (χ4v) is 3.87. The minimum atomic E-state index is -0.341. The van der Waals surface area contributed by atoms with Crippen LogP contribution in [0.15, 0.2) is 63.8 Å². The van der Waals surface area contributed by atoms with Gasteiger partial charge < -0.3 is 13.9 Å². The van der Waals surface area contributed by atoms with E-state index in [-0.39, 0.29) is 5.63 Å². The molecule has 4 aromatic rings. The molecule has 0 aliphatic rings. The van der Waals surface area contributed by atoms with E-state index < -0.39 is 0 Å². The molecule has 0 saturated heterocycles. The normalized spacial score (nSPS) is 11.1. The Morgan fingerprint density at radius 1 is 0.929 bits per heavy atom. The summed E-state index contributed by atoms with van der Waals surface area (Å²) in [6.07, 6.45) is 0.863. The number of methoxy groups -OCH3 is 1. The zero-order valence-electron chi connectivity index (χ0n) is 15.6. The van der Waals surface area contributed by atoms with Gasteiger partial charge in [-0.25, -0.2) is 4.79 Å². The van der Waals surface area contributed by atoms with Crippen LogP contribution < -0.4 is 15.1 Å².